The van der Waals surface area contributed by atoms with Gasteiger partial charge in [-0.3, -0.25) is 4.98 Å². The van der Waals surface area contributed by atoms with E-state index in [-0.39, 0.29) is 6.10 Å². The van der Waals surface area contributed by atoms with E-state index in [1.54, 1.807) is 25.4 Å². The highest BCUT2D eigenvalue weighted by molar-refractivity contribution is 5.29. The first-order valence-electron chi connectivity index (χ1n) is 4.99. The minimum Gasteiger partial charge on any atom is -0.495 e. The van der Waals surface area contributed by atoms with Crippen LogP contribution >= 0.6 is 0 Å². The van der Waals surface area contributed by atoms with Gasteiger partial charge in [-0.05, 0) is 26.0 Å². The third kappa shape index (κ3) is 2.91. The van der Waals surface area contributed by atoms with Crippen LogP contribution in [0.15, 0.2) is 18.3 Å². The number of aliphatic hydroxyl groups excluding tert-OH is 1. The van der Waals surface area contributed by atoms with E-state index in [2.05, 4.69) is 4.98 Å². The third-order valence-corrected chi connectivity index (χ3v) is 2.17. The van der Waals surface area contributed by atoms with E-state index in [4.69, 9.17) is 9.47 Å². The molecule has 2 unspecified atom stereocenters. The zero-order valence-corrected chi connectivity index (χ0v) is 9.30. The van der Waals surface area contributed by atoms with Gasteiger partial charge < -0.3 is 14.6 Å². The minimum absolute atomic E-state index is 0.293. The topological polar surface area (TPSA) is 51.6 Å². The Morgan fingerprint density at radius 1 is 1.53 bits per heavy atom. The van der Waals surface area contributed by atoms with Crippen molar-refractivity contribution >= 4 is 0 Å². The van der Waals surface area contributed by atoms with Crippen LogP contribution in [0.25, 0.3) is 0 Å². The van der Waals surface area contributed by atoms with Gasteiger partial charge in [-0.25, -0.2) is 0 Å². The molecule has 84 valence electrons. The van der Waals surface area contributed by atoms with E-state index in [1.165, 1.54) is 0 Å². The van der Waals surface area contributed by atoms with Crippen molar-refractivity contribution in [1.82, 2.24) is 4.98 Å². The molecule has 0 saturated carbocycles. The number of hydrogen-bond donors (Lipinski definition) is 1. The summed E-state index contributed by atoms with van der Waals surface area (Å²) in [6.45, 7) is 4.26. The Kier molecular flexibility index (Phi) is 4.52. The molecule has 0 aliphatic heterocycles. The zero-order chi connectivity index (χ0) is 11.3. The molecule has 4 heteroatoms. The van der Waals surface area contributed by atoms with E-state index in [0.717, 1.165) is 0 Å². The molecule has 0 amide bonds. The van der Waals surface area contributed by atoms with Gasteiger partial charge in [-0.1, -0.05) is 0 Å². The maximum atomic E-state index is 9.96. The van der Waals surface area contributed by atoms with Crippen molar-refractivity contribution in [1.29, 1.82) is 0 Å². The van der Waals surface area contributed by atoms with E-state index in [9.17, 15) is 5.11 Å². The van der Waals surface area contributed by atoms with Crippen molar-refractivity contribution < 1.29 is 14.6 Å². The molecular weight excluding hydrogens is 194 g/mol. The highest BCUT2D eigenvalue weighted by Gasteiger charge is 2.21. The van der Waals surface area contributed by atoms with Crippen LogP contribution in [-0.4, -0.2) is 29.9 Å². The lowest BCUT2D eigenvalue weighted by molar-refractivity contribution is -0.0255. The van der Waals surface area contributed by atoms with Crippen LogP contribution in [0.3, 0.4) is 0 Å². The van der Waals surface area contributed by atoms with Gasteiger partial charge in [0.2, 0.25) is 0 Å². The van der Waals surface area contributed by atoms with Crippen molar-refractivity contribution in [3.8, 4) is 5.75 Å². The lowest BCUT2D eigenvalue weighted by atomic mass is 10.1. The number of aliphatic hydroxyl groups is 1. The Morgan fingerprint density at radius 3 is 2.87 bits per heavy atom. The van der Waals surface area contributed by atoms with Gasteiger partial charge in [0.25, 0.3) is 0 Å². The molecule has 1 rings (SSSR count). The first-order chi connectivity index (χ1) is 7.20. The minimum atomic E-state index is -0.763. The van der Waals surface area contributed by atoms with Crippen LogP contribution in [0.1, 0.15) is 25.6 Å². The van der Waals surface area contributed by atoms with Crippen molar-refractivity contribution in [3.05, 3.63) is 24.0 Å². The van der Waals surface area contributed by atoms with Crippen LogP contribution in [0, 0.1) is 0 Å². The Hall–Kier alpha value is -1.13. The zero-order valence-electron chi connectivity index (χ0n) is 9.30. The second kappa shape index (κ2) is 5.68. The number of pyridine rings is 1. The molecule has 1 heterocycles. The van der Waals surface area contributed by atoms with Crippen LogP contribution in [-0.2, 0) is 4.74 Å². The summed E-state index contributed by atoms with van der Waals surface area (Å²) >= 11 is 0. The predicted molar refractivity (Wildman–Crippen MR) is 56.8 cm³/mol. The molecule has 4 nitrogen and oxygen atoms in total. The summed E-state index contributed by atoms with van der Waals surface area (Å²) in [6, 6.07) is 3.53. The van der Waals surface area contributed by atoms with E-state index in [1.807, 2.05) is 13.8 Å². The average Bonchev–Trinajstić information content (AvgIpc) is 2.28. The normalized spacial score (nSPS) is 14.7. The molecule has 1 N–H and O–H groups in total. The standard InChI is InChI=1S/C11H17NO3/c1-4-15-8(2)11(13)10-9(14-3)6-5-7-12-10/h5-8,11,13H,4H2,1-3H3. The number of aromatic nitrogens is 1. The second-order valence-electron chi connectivity index (χ2n) is 3.20. The monoisotopic (exact) mass is 211 g/mol. The summed E-state index contributed by atoms with van der Waals surface area (Å²) in [4.78, 5) is 4.10. The quantitative estimate of drug-likeness (QED) is 0.802. The fourth-order valence-electron chi connectivity index (χ4n) is 1.37. The first-order valence-corrected chi connectivity index (χ1v) is 4.99. The van der Waals surface area contributed by atoms with Gasteiger partial charge in [-0.15, -0.1) is 0 Å². The predicted octanol–water partition coefficient (Wildman–Crippen LogP) is 1.55. The van der Waals surface area contributed by atoms with Crippen LogP contribution in [0.2, 0.25) is 0 Å². The molecule has 1 aromatic rings. The molecule has 0 aliphatic carbocycles. The first kappa shape index (κ1) is 11.9. The number of ether oxygens (including phenoxy) is 2. The highest BCUT2D eigenvalue weighted by Crippen LogP contribution is 2.25. The molecule has 15 heavy (non-hydrogen) atoms. The largest absolute Gasteiger partial charge is 0.495 e. The number of rotatable bonds is 5. The number of nitrogens with zero attached hydrogens (tertiary/aromatic N) is 1. The van der Waals surface area contributed by atoms with Gasteiger partial charge >= 0.3 is 0 Å². The Labute approximate surface area is 89.9 Å². The van der Waals surface area contributed by atoms with E-state index in [0.29, 0.717) is 18.1 Å². The van der Waals surface area contributed by atoms with Crippen molar-refractivity contribution in [3.63, 3.8) is 0 Å². The van der Waals surface area contributed by atoms with Crippen molar-refractivity contribution in [2.45, 2.75) is 26.1 Å². The summed E-state index contributed by atoms with van der Waals surface area (Å²) in [5.41, 5.74) is 0.515. The van der Waals surface area contributed by atoms with Crippen LogP contribution in [0.4, 0.5) is 0 Å². The summed E-state index contributed by atoms with van der Waals surface area (Å²) in [7, 11) is 1.55. The van der Waals surface area contributed by atoms with E-state index < -0.39 is 6.10 Å². The van der Waals surface area contributed by atoms with Gasteiger partial charge in [0.05, 0.1) is 13.2 Å². The molecule has 2 atom stereocenters. The number of hydrogen-bond acceptors (Lipinski definition) is 4. The molecule has 0 aliphatic rings. The fraction of sp³-hybridized carbons (Fsp3) is 0.545. The second-order valence-corrected chi connectivity index (χ2v) is 3.20. The van der Waals surface area contributed by atoms with Gasteiger partial charge in [0.15, 0.2) is 0 Å². The Balaban J connectivity index is 2.84. The molecular formula is C11H17NO3. The lowest BCUT2D eigenvalue weighted by Gasteiger charge is -2.19. The van der Waals surface area contributed by atoms with E-state index >= 15 is 0 Å². The molecule has 0 radical (unpaired) electrons. The average molecular weight is 211 g/mol. The molecule has 0 spiro atoms. The fourth-order valence-corrected chi connectivity index (χ4v) is 1.37. The summed E-state index contributed by atoms with van der Waals surface area (Å²) in [5, 5.41) is 9.96. The smallest absolute Gasteiger partial charge is 0.143 e. The van der Waals surface area contributed by atoms with Gasteiger partial charge in [0, 0.05) is 12.8 Å². The Bertz CT molecular complexity index is 304. The molecule has 1 aromatic heterocycles. The number of methoxy groups -OCH3 is 1. The third-order valence-electron chi connectivity index (χ3n) is 2.17. The maximum Gasteiger partial charge on any atom is 0.143 e. The van der Waals surface area contributed by atoms with Gasteiger partial charge in [-0.2, -0.15) is 0 Å². The highest BCUT2D eigenvalue weighted by atomic mass is 16.5. The van der Waals surface area contributed by atoms with Gasteiger partial charge in [0.1, 0.15) is 17.5 Å². The Morgan fingerprint density at radius 2 is 2.27 bits per heavy atom. The van der Waals surface area contributed by atoms with Crippen molar-refractivity contribution in [2.24, 2.45) is 0 Å². The molecule has 0 aromatic carbocycles. The SMILES string of the molecule is CCOC(C)C(O)c1ncccc1OC. The summed E-state index contributed by atoms with van der Waals surface area (Å²) in [5.74, 6) is 0.580. The summed E-state index contributed by atoms with van der Waals surface area (Å²) < 4.78 is 10.4. The lowest BCUT2D eigenvalue weighted by Crippen LogP contribution is -2.20. The molecule has 0 saturated heterocycles. The maximum absolute atomic E-state index is 9.96. The van der Waals surface area contributed by atoms with Crippen LogP contribution in [0.5, 0.6) is 5.75 Å². The summed E-state index contributed by atoms with van der Waals surface area (Å²) in [6.07, 6.45) is 0.569. The van der Waals surface area contributed by atoms with Crippen LogP contribution < -0.4 is 4.74 Å². The molecule has 0 fully saturated rings. The van der Waals surface area contributed by atoms with Crippen molar-refractivity contribution in [2.75, 3.05) is 13.7 Å². The molecule has 0 bridgehead atoms.